The van der Waals surface area contributed by atoms with Crippen molar-refractivity contribution in [3.63, 3.8) is 0 Å². The number of anilines is 2. The van der Waals surface area contributed by atoms with Crippen LogP contribution in [0.5, 0.6) is 5.88 Å². The highest BCUT2D eigenvalue weighted by molar-refractivity contribution is 7.80. The molecule has 0 aliphatic heterocycles. The maximum Gasteiger partial charge on any atom is 0.213 e. The van der Waals surface area contributed by atoms with Gasteiger partial charge in [-0.3, -0.25) is 0 Å². The van der Waals surface area contributed by atoms with Crippen molar-refractivity contribution in [2.24, 2.45) is 5.73 Å². The molecule has 2 aromatic rings. The Morgan fingerprint density at radius 2 is 2.06 bits per heavy atom. The molecular formula is C11H11N5OS. The minimum Gasteiger partial charge on any atom is -0.481 e. The van der Waals surface area contributed by atoms with E-state index in [1.807, 2.05) is 6.07 Å². The zero-order valence-electron chi connectivity index (χ0n) is 9.62. The standard InChI is InChI=1S/C11H11N5OS/c1-17-10-3-2-7(4-15-10)16-9-6-13-8(5-14-9)11(12)18/h2-6H,1H3,(H2,12,18)(H,14,16). The lowest BCUT2D eigenvalue weighted by molar-refractivity contribution is 0.398. The molecule has 3 N–H and O–H groups in total. The van der Waals surface area contributed by atoms with Gasteiger partial charge in [0.15, 0.2) is 0 Å². The topological polar surface area (TPSA) is 86.0 Å². The van der Waals surface area contributed by atoms with E-state index in [-0.39, 0.29) is 4.99 Å². The van der Waals surface area contributed by atoms with Crippen molar-refractivity contribution in [2.45, 2.75) is 0 Å². The van der Waals surface area contributed by atoms with Gasteiger partial charge in [0.05, 0.1) is 31.4 Å². The summed E-state index contributed by atoms with van der Waals surface area (Å²) in [6.07, 6.45) is 4.71. The number of hydrogen-bond acceptors (Lipinski definition) is 6. The molecule has 0 aromatic carbocycles. The first-order chi connectivity index (χ1) is 8.69. The molecule has 92 valence electrons. The highest BCUT2D eigenvalue weighted by Crippen LogP contribution is 2.15. The number of rotatable bonds is 4. The van der Waals surface area contributed by atoms with E-state index in [4.69, 9.17) is 22.7 Å². The Morgan fingerprint density at radius 3 is 2.56 bits per heavy atom. The smallest absolute Gasteiger partial charge is 0.213 e. The van der Waals surface area contributed by atoms with Crippen LogP contribution in [0.15, 0.2) is 30.7 Å². The number of hydrogen-bond donors (Lipinski definition) is 2. The van der Waals surface area contributed by atoms with Crippen molar-refractivity contribution < 1.29 is 4.74 Å². The third-order valence-electron chi connectivity index (χ3n) is 2.12. The van der Waals surface area contributed by atoms with Gasteiger partial charge < -0.3 is 15.8 Å². The molecule has 18 heavy (non-hydrogen) atoms. The van der Waals surface area contributed by atoms with Gasteiger partial charge in [0.2, 0.25) is 5.88 Å². The minimum absolute atomic E-state index is 0.222. The summed E-state index contributed by atoms with van der Waals surface area (Å²) in [4.78, 5) is 12.5. The molecule has 6 nitrogen and oxygen atoms in total. The summed E-state index contributed by atoms with van der Waals surface area (Å²) in [5.74, 6) is 1.14. The zero-order chi connectivity index (χ0) is 13.0. The third kappa shape index (κ3) is 2.89. The van der Waals surface area contributed by atoms with Crippen molar-refractivity contribution in [3.8, 4) is 5.88 Å². The predicted molar refractivity (Wildman–Crippen MR) is 72.0 cm³/mol. The van der Waals surface area contributed by atoms with Crippen LogP contribution in [0.2, 0.25) is 0 Å². The van der Waals surface area contributed by atoms with E-state index in [0.29, 0.717) is 17.4 Å². The molecule has 0 saturated carbocycles. The molecule has 2 heterocycles. The molecule has 0 unspecified atom stereocenters. The van der Waals surface area contributed by atoms with Crippen LogP contribution >= 0.6 is 12.2 Å². The molecule has 0 atom stereocenters. The summed E-state index contributed by atoms with van der Waals surface area (Å²) in [6.45, 7) is 0. The fourth-order valence-electron chi connectivity index (χ4n) is 1.24. The first-order valence-corrected chi connectivity index (χ1v) is 5.49. The van der Waals surface area contributed by atoms with Crippen molar-refractivity contribution >= 4 is 28.7 Å². The normalized spacial score (nSPS) is 9.83. The van der Waals surface area contributed by atoms with Gasteiger partial charge in [0.1, 0.15) is 16.5 Å². The second-order valence-electron chi connectivity index (χ2n) is 3.37. The Kier molecular flexibility index (Phi) is 3.63. The molecule has 0 saturated heterocycles. The number of nitrogens with one attached hydrogen (secondary N) is 1. The van der Waals surface area contributed by atoms with Crippen LogP contribution < -0.4 is 15.8 Å². The van der Waals surface area contributed by atoms with Gasteiger partial charge >= 0.3 is 0 Å². The lowest BCUT2D eigenvalue weighted by atomic mass is 10.4. The van der Waals surface area contributed by atoms with E-state index in [1.165, 1.54) is 6.20 Å². The summed E-state index contributed by atoms with van der Waals surface area (Å²) in [5, 5.41) is 3.05. The van der Waals surface area contributed by atoms with E-state index in [0.717, 1.165) is 5.69 Å². The Morgan fingerprint density at radius 1 is 1.22 bits per heavy atom. The number of pyridine rings is 1. The molecule has 0 aliphatic carbocycles. The van der Waals surface area contributed by atoms with Gasteiger partial charge in [-0.25, -0.2) is 15.0 Å². The first kappa shape index (κ1) is 12.2. The average molecular weight is 261 g/mol. The zero-order valence-corrected chi connectivity index (χ0v) is 10.4. The van der Waals surface area contributed by atoms with Crippen LogP contribution in [0.25, 0.3) is 0 Å². The molecule has 0 amide bonds. The van der Waals surface area contributed by atoms with Crippen LogP contribution in [-0.2, 0) is 0 Å². The highest BCUT2D eigenvalue weighted by Gasteiger charge is 2.01. The summed E-state index contributed by atoms with van der Waals surface area (Å²) < 4.78 is 4.97. The molecule has 0 radical (unpaired) electrons. The number of thiocarbonyl (C=S) groups is 1. The van der Waals surface area contributed by atoms with E-state index < -0.39 is 0 Å². The molecule has 0 bridgehead atoms. The Labute approximate surface area is 109 Å². The van der Waals surface area contributed by atoms with Crippen LogP contribution in [0, 0.1) is 0 Å². The van der Waals surface area contributed by atoms with E-state index in [2.05, 4.69) is 20.3 Å². The summed E-state index contributed by atoms with van der Waals surface area (Å²) >= 11 is 4.79. The molecule has 7 heteroatoms. The number of ether oxygens (including phenoxy) is 1. The van der Waals surface area contributed by atoms with E-state index >= 15 is 0 Å². The summed E-state index contributed by atoms with van der Waals surface area (Å²) in [5.41, 5.74) is 6.71. The van der Waals surface area contributed by atoms with E-state index in [1.54, 1.807) is 25.6 Å². The maximum atomic E-state index is 5.43. The average Bonchev–Trinajstić information content (AvgIpc) is 2.40. The lowest BCUT2D eigenvalue weighted by Crippen LogP contribution is -2.12. The van der Waals surface area contributed by atoms with Crippen molar-refractivity contribution in [1.29, 1.82) is 0 Å². The Hall–Kier alpha value is -2.28. The SMILES string of the molecule is COc1ccc(Nc2cnc(C(N)=S)cn2)cn1. The maximum absolute atomic E-state index is 5.43. The van der Waals surface area contributed by atoms with Crippen molar-refractivity contribution in [2.75, 3.05) is 12.4 Å². The highest BCUT2D eigenvalue weighted by atomic mass is 32.1. The number of aromatic nitrogens is 3. The Balaban J connectivity index is 2.10. The number of nitrogens with two attached hydrogens (primary N) is 1. The predicted octanol–water partition coefficient (Wildman–Crippen LogP) is 1.26. The van der Waals surface area contributed by atoms with Crippen LogP contribution in [0.4, 0.5) is 11.5 Å². The summed E-state index contributed by atoms with van der Waals surface area (Å²) in [6, 6.07) is 3.58. The Bertz CT molecular complexity index is 540. The fraction of sp³-hybridized carbons (Fsp3) is 0.0909. The lowest BCUT2D eigenvalue weighted by Gasteiger charge is -2.05. The largest absolute Gasteiger partial charge is 0.481 e. The monoisotopic (exact) mass is 261 g/mol. The third-order valence-corrected chi connectivity index (χ3v) is 2.33. The van der Waals surface area contributed by atoms with Crippen molar-refractivity contribution in [1.82, 2.24) is 15.0 Å². The molecule has 2 rings (SSSR count). The van der Waals surface area contributed by atoms with Crippen LogP contribution in [0.3, 0.4) is 0 Å². The van der Waals surface area contributed by atoms with Crippen molar-refractivity contribution in [3.05, 3.63) is 36.4 Å². The molecule has 2 aromatic heterocycles. The van der Waals surface area contributed by atoms with E-state index in [9.17, 15) is 0 Å². The minimum atomic E-state index is 0.222. The second-order valence-corrected chi connectivity index (χ2v) is 3.81. The van der Waals surface area contributed by atoms with Gasteiger partial charge in [-0.05, 0) is 6.07 Å². The quantitative estimate of drug-likeness (QED) is 0.801. The van der Waals surface area contributed by atoms with Gasteiger partial charge in [0.25, 0.3) is 0 Å². The number of nitrogens with zero attached hydrogens (tertiary/aromatic N) is 3. The first-order valence-electron chi connectivity index (χ1n) is 5.08. The second kappa shape index (κ2) is 5.37. The van der Waals surface area contributed by atoms with Crippen LogP contribution in [-0.4, -0.2) is 27.1 Å². The number of methoxy groups -OCH3 is 1. The molecular weight excluding hydrogens is 250 g/mol. The molecule has 0 fully saturated rings. The fourth-order valence-corrected chi connectivity index (χ4v) is 1.35. The van der Waals surface area contributed by atoms with Gasteiger partial charge in [0, 0.05) is 6.07 Å². The van der Waals surface area contributed by atoms with Crippen LogP contribution in [0.1, 0.15) is 5.69 Å². The molecule has 0 aliphatic rings. The molecule has 0 spiro atoms. The summed E-state index contributed by atoms with van der Waals surface area (Å²) in [7, 11) is 1.56. The van der Waals surface area contributed by atoms with Gasteiger partial charge in [-0.15, -0.1) is 0 Å². The van der Waals surface area contributed by atoms with Gasteiger partial charge in [-0.2, -0.15) is 0 Å². The van der Waals surface area contributed by atoms with Gasteiger partial charge in [-0.1, -0.05) is 12.2 Å².